The maximum atomic E-state index is 4.79. The predicted molar refractivity (Wildman–Crippen MR) is 125 cm³/mol. The van der Waals surface area contributed by atoms with Crippen LogP contribution >= 0.6 is 11.3 Å². The third kappa shape index (κ3) is 5.37. The van der Waals surface area contributed by atoms with Gasteiger partial charge in [-0.25, -0.2) is 4.98 Å². The highest BCUT2D eigenvalue weighted by Gasteiger charge is 2.15. The smallest absolute Gasteiger partial charge is 0.197 e. The molecule has 3 heterocycles. The number of likely N-dealkylation sites (tertiary alicyclic amines) is 1. The number of piperidine rings is 1. The molecular weight excluding hydrogens is 390 g/mol. The SMILES string of the molecule is CC/C=C(/NCc1cccc(C)c1)c1n[nH]c(-c2ccc(CN3CCCCC3)s2)n1. The number of thiophene rings is 1. The zero-order chi connectivity index (χ0) is 20.8. The minimum absolute atomic E-state index is 0.727. The largest absolute Gasteiger partial charge is 0.378 e. The van der Waals surface area contributed by atoms with E-state index in [2.05, 4.69) is 76.7 Å². The van der Waals surface area contributed by atoms with Crippen molar-refractivity contribution < 1.29 is 0 Å². The van der Waals surface area contributed by atoms with Gasteiger partial charge < -0.3 is 5.32 Å². The van der Waals surface area contributed by atoms with Crippen LogP contribution in [0.2, 0.25) is 0 Å². The van der Waals surface area contributed by atoms with Crippen LogP contribution in [0.15, 0.2) is 42.5 Å². The molecule has 158 valence electrons. The van der Waals surface area contributed by atoms with Crippen molar-refractivity contribution in [1.82, 2.24) is 25.4 Å². The fourth-order valence-electron chi connectivity index (χ4n) is 3.89. The maximum absolute atomic E-state index is 4.79. The Kier molecular flexibility index (Phi) is 6.97. The van der Waals surface area contributed by atoms with Crippen LogP contribution in [0.1, 0.15) is 54.4 Å². The Morgan fingerprint density at radius 2 is 2.07 bits per heavy atom. The van der Waals surface area contributed by atoms with Crippen molar-refractivity contribution >= 4 is 17.0 Å². The molecule has 0 aliphatic carbocycles. The van der Waals surface area contributed by atoms with E-state index < -0.39 is 0 Å². The molecule has 0 bridgehead atoms. The first-order valence-corrected chi connectivity index (χ1v) is 11.8. The van der Waals surface area contributed by atoms with Crippen molar-refractivity contribution in [2.45, 2.75) is 52.6 Å². The van der Waals surface area contributed by atoms with Crippen LogP contribution in [0, 0.1) is 6.92 Å². The van der Waals surface area contributed by atoms with Crippen molar-refractivity contribution in [3.05, 3.63) is 64.3 Å². The monoisotopic (exact) mass is 421 g/mol. The van der Waals surface area contributed by atoms with Crippen LogP contribution in [0.5, 0.6) is 0 Å². The fourth-order valence-corrected chi connectivity index (χ4v) is 4.88. The lowest BCUT2D eigenvalue weighted by molar-refractivity contribution is 0.222. The Morgan fingerprint density at radius 1 is 1.20 bits per heavy atom. The predicted octanol–water partition coefficient (Wildman–Crippen LogP) is 5.37. The zero-order valence-corrected chi connectivity index (χ0v) is 18.8. The molecule has 0 saturated carbocycles. The highest BCUT2D eigenvalue weighted by Crippen LogP contribution is 2.27. The molecule has 1 fully saturated rings. The van der Waals surface area contributed by atoms with Gasteiger partial charge >= 0.3 is 0 Å². The molecule has 1 aliphatic heterocycles. The van der Waals surface area contributed by atoms with E-state index in [1.165, 1.54) is 48.4 Å². The third-order valence-corrected chi connectivity index (χ3v) is 6.50. The molecule has 4 rings (SSSR count). The molecule has 2 N–H and O–H groups in total. The van der Waals surface area contributed by atoms with Gasteiger partial charge in [-0.1, -0.05) is 49.2 Å². The number of aromatic amines is 1. The van der Waals surface area contributed by atoms with Gasteiger partial charge in [0, 0.05) is 18.0 Å². The van der Waals surface area contributed by atoms with E-state index in [9.17, 15) is 0 Å². The van der Waals surface area contributed by atoms with Crippen molar-refractivity contribution in [2.24, 2.45) is 0 Å². The molecule has 0 unspecified atom stereocenters. The minimum atomic E-state index is 0.727. The van der Waals surface area contributed by atoms with Gasteiger partial charge in [0.25, 0.3) is 0 Å². The quantitative estimate of drug-likeness (QED) is 0.513. The Hall–Kier alpha value is -2.44. The molecule has 0 radical (unpaired) electrons. The molecule has 1 aliphatic rings. The van der Waals surface area contributed by atoms with Gasteiger partial charge in [-0.2, -0.15) is 5.10 Å². The Morgan fingerprint density at radius 3 is 2.87 bits per heavy atom. The number of hydrogen-bond donors (Lipinski definition) is 2. The van der Waals surface area contributed by atoms with E-state index in [0.717, 1.165) is 41.7 Å². The van der Waals surface area contributed by atoms with Crippen LogP contribution in [0.25, 0.3) is 16.4 Å². The number of rotatable bonds is 8. The summed E-state index contributed by atoms with van der Waals surface area (Å²) >= 11 is 1.81. The van der Waals surface area contributed by atoms with Gasteiger partial charge in [0.05, 0.1) is 10.6 Å². The van der Waals surface area contributed by atoms with E-state index in [-0.39, 0.29) is 0 Å². The summed E-state index contributed by atoms with van der Waals surface area (Å²) in [6, 6.07) is 13.0. The van der Waals surface area contributed by atoms with Crippen molar-refractivity contribution in [3.63, 3.8) is 0 Å². The maximum Gasteiger partial charge on any atom is 0.197 e. The highest BCUT2D eigenvalue weighted by molar-refractivity contribution is 7.15. The van der Waals surface area contributed by atoms with Crippen LogP contribution in [-0.4, -0.2) is 33.2 Å². The molecule has 1 saturated heterocycles. The summed E-state index contributed by atoms with van der Waals surface area (Å²) in [5.41, 5.74) is 3.51. The zero-order valence-electron chi connectivity index (χ0n) is 17.9. The average molecular weight is 422 g/mol. The lowest BCUT2D eigenvalue weighted by Crippen LogP contribution is -2.28. The Bertz CT molecular complexity index is 981. The van der Waals surface area contributed by atoms with Gasteiger partial charge in [0.1, 0.15) is 0 Å². The van der Waals surface area contributed by atoms with Gasteiger partial charge in [-0.15, -0.1) is 11.3 Å². The van der Waals surface area contributed by atoms with E-state index in [4.69, 9.17) is 4.98 Å². The van der Waals surface area contributed by atoms with Gasteiger partial charge in [-0.05, 0) is 57.0 Å². The minimum Gasteiger partial charge on any atom is -0.378 e. The summed E-state index contributed by atoms with van der Waals surface area (Å²) in [6.07, 6.45) is 7.11. The van der Waals surface area contributed by atoms with E-state index in [1.807, 2.05) is 11.3 Å². The van der Waals surface area contributed by atoms with Gasteiger partial charge in [-0.3, -0.25) is 10.00 Å². The van der Waals surface area contributed by atoms with Crippen LogP contribution in [-0.2, 0) is 13.1 Å². The number of hydrogen-bond acceptors (Lipinski definition) is 5. The standard InChI is InChI=1S/C24H31N5S/c1-3-8-21(25-16-19-10-7-9-18(2)15-19)23-26-24(28-27-23)22-12-11-20(30-22)17-29-13-5-4-6-14-29/h7-12,15,25H,3-6,13-14,16-17H2,1-2H3,(H,26,27,28)/b21-8+. The number of nitrogens with zero attached hydrogens (tertiary/aromatic N) is 3. The number of aromatic nitrogens is 3. The van der Waals surface area contributed by atoms with Crippen LogP contribution in [0.4, 0.5) is 0 Å². The van der Waals surface area contributed by atoms with Crippen molar-refractivity contribution in [2.75, 3.05) is 13.1 Å². The first-order valence-electron chi connectivity index (χ1n) is 10.9. The third-order valence-electron chi connectivity index (χ3n) is 5.42. The van der Waals surface area contributed by atoms with Crippen LogP contribution in [0.3, 0.4) is 0 Å². The summed E-state index contributed by atoms with van der Waals surface area (Å²) < 4.78 is 0. The second-order valence-electron chi connectivity index (χ2n) is 7.98. The molecule has 0 spiro atoms. The second-order valence-corrected chi connectivity index (χ2v) is 9.15. The molecular formula is C24H31N5S. The molecule has 5 nitrogen and oxygen atoms in total. The normalized spacial score (nSPS) is 15.5. The second kappa shape index (κ2) is 10.0. The van der Waals surface area contributed by atoms with Crippen molar-refractivity contribution in [1.29, 1.82) is 0 Å². The summed E-state index contributed by atoms with van der Waals surface area (Å²) in [6.45, 7) is 8.50. The topological polar surface area (TPSA) is 56.8 Å². The van der Waals surface area contributed by atoms with E-state index in [0.29, 0.717) is 0 Å². The van der Waals surface area contributed by atoms with Gasteiger partial charge in [0.2, 0.25) is 0 Å². The summed E-state index contributed by atoms with van der Waals surface area (Å²) in [5, 5.41) is 11.2. The highest BCUT2D eigenvalue weighted by atomic mass is 32.1. The van der Waals surface area contributed by atoms with E-state index >= 15 is 0 Å². The summed E-state index contributed by atoms with van der Waals surface area (Å²) in [7, 11) is 0. The lowest BCUT2D eigenvalue weighted by Gasteiger charge is -2.25. The Balaban J connectivity index is 1.43. The molecule has 0 atom stereocenters. The van der Waals surface area contributed by atoms with Crippen molar-refractivity contribution in [3.8, 4) is 10.7 Å². The molecule has 0 amide bonds. The molecule has 6 heteroatoms. The number of H-pyrrole nitrogens is 1. The summed E-state index contributed by atoms with van der Waals surface area (Å²) in [4.78, 5) is 9.89. The number of benzene rings is 1. The van der Waals surface area contributed by atoms with Crippen LogP contribution < -0.4 is 5.32 Å². The molecule has 1 aromatic carbocycles. The fraction of sp³-hybridized carbons (Fsp3) is 0.417. The summed E-state index contributed by atoms with van der Waals surface area (Å²) in [5.74, 6) is 1.57. The number of aryl methyl sites for hydroxylation is 1. The molecule has 3 aromatic rings. The molecule has 2 aromatic heterocycles. The molecule has 30 heavy (non-hydrogen) atoms. The lowest BCUT2D eigenvalue weighted by atomic mass is 10.1. The number of nitrogens with one attached hydrogen (secondary N) is 2. The number of allylic oxidation sites excluding steroid dienone is 1. The average Bonchev–Trinajstić information content (AvgIpc) is 3.42. The Labute approximate surface area is 183 Å². The van der Waals surface area contributed by atoms with E-state index in [1.54, 1.807) is 0 Å². The first-order chi connectivity index (χ1) is 14.7. The van der Waals surface area contributed by atoms with Gasteiger partial charge in [0.15, 0.2) is 11.6 Å². The first kappa shape index (κ1) is 20.8.